The molecular formula is C13H29N. The summed E-state index contributed by atoms with van der Waals surface area (Å²) in [5, 5.41) is 3.48. The third-order valence-corrected chi connectivity index (χ3v) is 4.81. The van der Waals surface area contributed by atoms with Crippen molar-refractivity contribution in [2.24, 2.45) is 17.3 Å². The van der Waals surface area contributed by atoms with Crippen LogP contribution < -0.4 is 5.32 Å². The summed E-state index contributed by atoms with van der Waals surface area (Å²) in [7, 11) is 2.07. The molecule has 0 aliphatic rings. The Morgan fingerprint density at radius 3 is 1.71 bits per heavy atom. The summed E-state index contributed by atoms with van der Waals surface area (Å²) >= 11 is 0. The minimum Gasteiger partial charge on any atom is -0.314 e. The van der Waals surface area contributed by atoms with Crippen molar-refractivity contribution in [3.05, 3.63) is 0 Å². The van der Waals surface area contributed by atoms with Crippen LogP contribution in [0.3, 0.4) is 0 Å². The van der Waals surface area contributed by atoms with Crippen molar-refractivity contribution in [3.8, 4) is 0 Å². The standard InChI is InChI=1S/C13H29N/c1-9-11(4)13(7,10(2)3)12(5,6)14-8/h10-11,14H,9H2,1-8H3. The predicted molar refractivity (Wildman–Crippen MR) is 65.5 cm³/mol. The normalized spacial score (nSPS) is 19.5. The second kappa shape index (κ2) is 4.65. The molecule has 0 bridgehead atoms. The van der Waals surface area contributed by atoms with Crippen LogP contribution >= 0.6 is 0 Å². The van der Waals surface area contributed by atoms with Crippen LogP contribution in [0.25, 0.3) is 0 Å². The molecule has 0 heterocycles. The first-order chi connectivity index (χ1) is 6.24. The summed E-state index contributed by atoms with van der Waals surface area (Å²) in [6, 6.07) is 0. The van der Waals surface area contributed by atoms with Crippen molar-refractivity contribution in [2.75, 3.05) is 7.05 Å². The monoisotopic (exact) mass is 199 g/mol. The van der Waals surface area contributed by atoms with Crippen LogP contribution in [0.15, 0.2) is 0 Å². The van der Waals surface area contributed by atoms with Crippen LogP contribution in [0.5, 0.6) is 0 Å². The molecule has 2 atom stereocenters. The Bertz CT molecular complexity index is 172. The van der Waals surface area contributed by atoms with Crippen LogP contribution in [0.2, 0.25) is 0 Å². The summed E-state index contributed by atoms with van der Waals surface area (Å²) in [6.07, 6.45) is 1.25. The molecule has 0 aliphatic heterocycles. The first-order valence-corrected chi connectivity index (χ1v) is 5.92. The fourth-order valence-electron chi connectivity index (χ4n) is 2.60. The summed E-state index contributed by atoms with van der Waals surface area (Å²) in [5.74, 6) is 1.44. The maximum atomic E-state index is 3.48. The largest absolute Gasteiger partial charge is 0.314 e. The van der Waals surface area contributed by atoms with E-state index in [1.54, 1.807) is 0 Å². The molecule has 0 amide bonds. The Labute approximate surface area is 90.7 Å². The molecule has 0 fully saturated rings. The van der Waals surface area contributed by atoms with E-state index < -0.39 is 0 Å². The summed E-state index contributed by atoms with van der Waals surface area (Å²) in [5.41, 5.74) is 0.535. The average molecular weight is 199 g/mol. The molecule has 0 aromatic carbocycles. The number of hydrogen-bond acceptors (Lipinski definition) is 1. The zero-order valence-corrected chi connectivity index (χ0v) is 11.4. The van der Waals surface area contributed by atoms with Gasteiger partial charge in [-0.1, -0.05) is 41.0 Å². The van der Waals surface area contributed by atoms with Crippen molar-refractivity contribution in [3.63, 3.8) is 0 Å². The summed E-state index contributed by atoms with van der Waals surface area (Å²) in [4.78, 5) is 0. The quantitative estimate of drug-likeness (QED) is 0.712. The zero-order chi connectivity index (χ0) is 11.6. The van der Waals surface area contributed by atoms with Gasteiger partial charge in [-0.15, -0.1) is 0 Å². The van der Waals surface area contributed by atoms with Gasteiger partial charge in [-0.25, -0.2) is 0 Å². The maximum Gasteiger partial charge on any atom is 0.0180 e. The molecule has 1 N–H and O–H groups in total. The molecule has 0 radical (unpaired) electrons. The zero-order valence-electron chi connectivity index (χ0n) is 11.4. The van der Waals surface area contributed by atoms with E-state index in [-0.39, 0.29) is 5.54 Å². The fraction of sp³-hybridized carbons (Fsp3) is 1.00. The van der Waals surface area contributed by atoms with Gasteiger partial charge in [-0.2, -0.15) is 0 Å². The van der Waals surface area contributed by atoms with Crippen molar-refractivity contribution in [1.29, 1.82) is 0 Å². The van der Waals surface area contributed by atoms with Gasteiger partial charge in [0.05, 0.1) is 0 Å². The van der Waals surface area contributed by atoms with Crippen LogP contribution in [-0.4, -0.2) is 12.6 Å². The Morgan fingerprint density at radius 1 is 1.07 bits per heavy atom. The van der Waals surface area contributed by atoms with E-state index >= 15 is 0 Å². The highest BCUT2D eigenvalue weighted by Crippen LogP contribution is 2.45. The summed E-state index contributed by atoms with van der Waals surface area (Å²) in [6.45, 7) is 16.4. The molecule has 1 nitrogen and oxygen atoms in total. The highest BCUT2D eigenvalue weighted by Gasteiger charge is 2.45. The molecule has 0 aromatic rings. The van der Waals surface area contributed by atoms with Crippen LogP contribution in [0.1, 0.15) is 54.9 Å². The van der Waals surface area contributed by atoms with E-state index in [2.05, 4.69) is 60.8 Å². The van der Waals surface area contributed by atoms with E-state index in [1.165, 1.54) is 6.42 Å². The Hall–Kier alpha value is -0.0400. The van der Waals surface area contributed by atoms with Gasteiger partial charge in [0.2, 0.25) is 0 Å². The maximum absolute atomic E-state index is 3.48. The lowest BCUT2D eigenvalue weighted by Crippen LogP contribution is -2.56. The molecule has 0 saturated carbocycles. The first kappa shape index (κ1) is 14.0. The lowest BCUT2D eigenvalue weighted by molar-refractivity contribution is 0.0188. The molecule has 2 unspecified atom stereocenters. The first-order valence-electron chi connectivity index (χ1n) is 5.92. The minimum absolute atomic E-state index is 0.191. The average Bonchev–Trinajstić information content (AvgIpc) is 2.14. The molecule has 14 heavy (non-hydrogen) atoms. The van der Waals surface area contributed by atoms with Gasteiger partial charge in [0.15, 0.2) is 0 Å². The second-order valence-corrected chi connectivity index (χ2v) is 5.62. The van der Waals surface area contributed by atoms with E-state index in [4.69, 9.17) is 0 Å². The molecular weight excluding hydrogens is 170 g/mol. The SMILES string of the molecule is CCC(C)C(C)(C(C)C)C(C)(C)NC. The lowest BCUT2D eigenvalue weighted by atomic mass is 9.58. The van der Waals surface area contributed by atoms with Crippen LogP contribution in [-0.2, 0) is 0 Å². The van der Waals surface area contributed by atoms with Crippen molar-refractivity contribution in [2.45, 2.75) is 60.4 Å². The molecule has 0 aliphatic carbocycles. The molecule has 86 valence electrons. The summed E-state index contributed by atoms with van der Waals surface area (Å²) < 4.78 is 0. The van der Waals surface area contributed by atoms with Gasteiger partial charge in [0, 0.05) is 5.54 Å². The molecule has 0 rings (SSSR count). The highest BCUT2D eigenvalue weighted by atomic mass is 15.0. The van der Waals surface area contributed by atoms with Gasteiger partial charge in [-0.05, 0) is 38.1 Å². The minimum atomic E-state index is 0.191. The van der Waals surface area contributed by atoms with Gasteiger partial charge in [0.25, 0.3) is 0 Å². The second-order valence-electron chi connectivity index (χ2n) is 5.62. The van der Waals surface area contributed by atoms with Crippen molar-refractivity contribution >= 4 is 0 Å². The number of hydrogen-bond donors (Lipinski definition) is 1. The topological polar surface area (TPSA) is 12.0 Å². The molecule has 1 heteroatoms. The Balaban J connectivity index is 5.09. The number of rotatable bonds is 5. The van der Waals surface area contributed by atoms with Gasteiger partial charge < -0.3 is 5.32 Å². The van der Waals surface area contributed by atoms with E-state index in [0.717, 1.165) is 5.92 Å². The van der Waals surface area contributed by atoms with E-state index in [9.17, 15) is 0 Å². The fourth-order valence-corrected chi connectivity index (χ4v) is 2.60. The van der Waals surface area contributed by atoms with Gasteiger partial charge in [-0.3, -0.25) is 0 Å². The van der Waals surface area contributed by atoms with Crippen molar-refractivity contribution < 1.29 is 0 Å². The Morgan fingerprint density at radius 2 is 1.50 bits per heavy atom. The third kappa shape index (κ3) is 2.13. The van der Waals surface area contributed by atoms with Gasteiger partial charge in [0.1, 0.15) is 0 Å². The van der Waals surface area contributed by atoms with E-state index in [1.807, 2.05) is 0 Å². The number of nitrogens with one attached hydrogen (secondary N) is 1. The third-order valence-electron chi connectivity index (χ3n) is 4.81. The van der Waals surface area contributed by atoms with E-state index in [0.29, 0.717) is 11.3 Å². The smallest absolute Gasteiger partial charge is 0.0180 e. The molecule has 0 spiro atoms. The molecule has 0 aromatic heterocycles. The van der Waals surface area contributed by atoms with Crippen LogP contribution in [0, 0.1) is 17.3 Å². The lowest BCUT2D eigenvalue weighted by Gasteiger charge is -2.51. The molecule has 0 saturated heterocycles. The van der Waals surface area contributed by atoms with Crippen molar-refractivity contribution in [1.82, 2.24) is 5.32 Å². The van der Waals surface area contributed by atoms with Gasteiger partial charge >= 0.3 is 0 Å². The predicted octanol–water partition coefficient (Wildman–Crippen LogP) is 3.69. The highest BCUT2D eigenvalue weighted by molar-refractivity contribution is 4.99. The Kier molecular flexibility index (Phi) is 4.64. The van der Waals surface area contributed by atoms with Crippen LogP contribution in [0.4, 0.5) is 0 Å².